The van der Waals surface area contributed by atoms with E-state index < -0.39 is 0 Å². The third kappa shape index (κ3) is 3.93. The van der Waals surface area contributed by atoms with Crippen LogP contribution >= 0.6 is 0 Å². The van der Waals surface area contributed by atoms with Crippen LogP contribution in [-0.4, -0.2) is 17.5 Å². The lowest BCUT2D eigenvalue weighted by molar-refractivity contribution is -0.118. The number of amides is 1. The van der Waals surface area contributed by atoms with Crippen molar-refractivity contribution in [2.24, 2.45) is 0 Å². The highest BCUT2D eigenvalue weighted by atomic mass is 16.5. The van der Waals surface area contributed by atoms with Gasteiger partial charge in [-0.1, -0.05) is 61.5 Å². The molecular weight excluding hydrogens is 400 g/mol. The number of benzene rings is 4. The first-order valence-corrected chi connectivity index (χ1v) is 10.6. The summed E-state index contributed by atoms with van der Waals surface area (Å²) in [6, 6.07) is 27.2. The number of aryl methyl sites for hydroxylation is 1. The molecule has 1 N–H and O–H groups in total. The summed E-state index contributed by atoms with van der Waals surface area (Å²) in [7, 11) is 0. The number of oxazole rings is 1. The van der Waals surface area contributed by atoms with Gasteiger partial charge in [0.1, 0.15) is 11.3 Å². The van der Waals surface area contributed by atoms with E-state index in [1.165, 1.54) is 5.56 Å². The third-order valence-corrected chi connectivity index (χ3v) is 5.42. The molecule has 5 nitrogen and oxygen atoms in total. The zero-order chi connectivity index (χ0) is 21.9. The summed E-state index contributed by atoms with van der Waals surface area (Å²) in [4.78, 5) is 17.3. The number of hydrogen-bond acceptors (Lipinski definition) is 4. The summed E-state index contributed by atoms with van der Waals surface area (Å²) >= 11 is 0. The van der Waals surface area contributed by atoms with Crippen molar-refractivity contribution in [2.45, 2.75) is 13.3 Å². The molecule has 0 aliphatic carbocycles. The number of aromatic nitrogens is 1. The molecule has 0 saturated heterocycles. The molecule has 0 bridgehead atoms. The Hall–Kier alpha value is -4.12. The largest absolute Gasteiger partial charge is 0.484 e. The van der Waals surface area contributed by atoms with E-state index in [1.54, 1.807) is 0 Å². The van der Waals surface area contributed by atoms with Crippen molar-refractivity contribution in [3.63, 3.8) is 0 Å². The number of anilines is 1. The summed E-state index contributed by atoms with van der Waals surface area (Å²) in [5.74, 6) is 0.873. The van der Waals surface area contributed by atoms with Gasteiger partial charge in [0, 0.05) is 5.39 Å². The van der Waals surface area contributed by atoms with E-state index in [9.17, 15) is 4.79 Å². The number of para-hydroxylation sites is 1. The summed E-state index contributed by atoms with van der Waals surface area (Å²) < 4.78 is 11.7. The van der Waals surface area contributed by atoms with Crippen LogP contribution in [0.5, 0.6) is 5.75 Å². The van der Waals surface area contributed by atoms with Crippen molar-refractivity contribution < 1.29 is 13.9 Å². The first-order valence-electron chi connectivity index (χ1n) is 10.6. The first kappa shape index (κ1) is 19.8. The van der Waals surface area contributed by atoms with Gasteiger partial charge in [-0.2, -0.15) is 0 Å². The Morgan fingerprint density at radius 1 is 0.938 bits per heavy atom. The van der Waals surface area contributed by atoms with Crippen LogP contribution in [0, 0.1) is 0 Å². The Morgan fingerprint density at radius 3 is 2.56 bits per heavy atom. The van der Waals surface area contributed by atoms with Gasteiger partial charge in [0.15, 0.2) is 12.2 Å². The third-order valence-electron chi connectivity index (χ3n) is 5.42. The first-order chi connectivity index (χ1) is 15.7. The quantitative estimate of drug-likeness (QED) is 0.352. The molecule has 32 heavy (non-hydrogen) atoms. The second kappa shape index (κ2) is 8.55. The highest BCUT2D eigenvalue weighted by Crippen LogP contribution is 2.33. The molecule has 0 aliphatic heterocycles. The van der Waals surface area contributed by atoms with Crippen molar-refractivity contribution in [3.8, 4) is 17.2 Å². The van der Waals surface area contributed by atoms with Gasteiger partial charge in [-0.25, -0.2) is 4.98 Å². The van der Waals surface area contributed by atoms with E-state index >= 15 is 0 Å². The molecule has 0 spiro atoms. The molecule has 1 amide bonds. The molecule has 0 atom stereocenters. The summed E-state index contributed by atoms with van der Waals surface area (Å²) in [5.41, 5.74) is 4.07. The van der Waals surface area contributed by atoms with Crippen molar-refractivity contribution in [1.29, 1.82) is 0 Å². The monoisotopic (exact) mass is 422 g/mol. The van der Waals surface area contributed by atoms with E-state index in [0.717, 1.165) is 22.7 Å². The molecule has 4 aromatic carbocycles. The van der Waals surface area contributed by atoms with Crippen molar-refractivity contribution in [2.75, 3.05) is 11.9 Å². The number of nitrogens with zero attached hydrogens (tertiary/aromatic N) is 1. The Bertz CT molecular complexity index is 1400. The number of carbonyl (C=O) groups is 1. The van der Waals surface area contributed by atoms with Gasteiger partial charge in [0.2, 0.25) is 5.89 Å². The summed E-state index contributed by atoms with van der Waals surface area (Å²) in [6.07, 6.45) is 0.961. The molecule has 0 radical (unpaired) electrons. The number of rotatable bonds is 6. The number of nitrogens with one attached hydrogen (secondary N) is 1. The van der Waals surface area contributed by atoms with Gasteiger partial charge in [0.05, 0.1) is 11.3 Å². The van der Waals surface area contributed by atoms with Gasteiger partial charge in [-0.3, -0.25) is 4.79 Å². The van der Waals surface area contributed by atoms with E-state index in [0.29, 0.717) is 28.5 Å². The standard InChI is InChI=1S/C27H22N2O3/c1-2-18-11-14-20(15-12-18)31-17-25(30)28-23-10-6-5-9-22(23)27-29-26-21-8-4-3-7-19(21)13-16-24(26)32-27/h3-16H,2,17H2,1H3,(H,28,30). The zero-order valence-corrected chi connectivity index (χ0v) is 17.7. The predicted molar refractivity (Wildman–Crippen MR) is 127 cm³/mol. The average molecular weight is 422 g/mol. The fourth-order valence-corrected chi connectivity index (χ4v) is 3.71. The van der Waals surface area contributed by atoms with E-state index in [1.807, 2.05) is 84.9 Å². The topological polar surface area (TPSA) is 64.4 Å². The summed E-state index contributed by atoms with van der Waals surface area (Å²) in [5, 5.41) is 5.05. The minimum atomic E-state index is -0.251. The summed E-state index contributed by atoms with van der Waals surface area (Å²) in [6.45, 7) is 2.01. The number of ether oxygens (including phenoxy) is 1. The van der Waals surface area contributed by atoms with Crippen LogP contribution in [0.25, 0.3) is 33.3 Å². The van der Waals surface area contributed by atoms with Crippen LogP contribution < -0.4 is 10.1 Å². The fourth-order valence-electron chi connectivity index (χ4n) is 3.71. The lowest BCUT2D eigenvalue weighted by Gasteiger charge is -2.10. The number of carbonyl (C=O) groups excluding carboxylic acids is 1. The smallest absolute Gasteiger partial charge is 0.262 e. The Morgan fingerprint density at radius 2 is 1.72 bits per heavy atom. The SMILES string of the molecule is CCc1ccc(OCC(=O)Nc2ccccc2-c2nc3c(ccc4ccccc43)o2)cc1. The maximum atomic E-state index is 12.6. The molecule has 1 aromatic heterocycles. The van der Waals surface area contributed by atoms with Gasteiger partial charge < -0.3 is 14.5 Å². The van der Waals surface area contributed by atoms with E-state index in [2.05, 4.69) is 12.2 Å². The maximum Gasteiger partial charge on any atom is 0.262 e. The van der Waals surface area contributed by atoms with Gasteiger partial charge in [0.25, 0.3) is 5.91 Å². The van der Waals surface area contributed by atoms with E-state index in [-0.39, 0.29) is 12.5 Å². The van der Waals surface area contributed by atoms with Crippen LogP contribution in [0.3, 0.4) is 0 Å². The Labute approximate surface area is 185 Å². The average Bonchev–Trinajstić information content (AvgIpc) is 3.28. The second-order valence-electron chi connectivity index (χ2n) is 7.53. The predicted octanol–water partition coefficient (Wildman–Crippen LogP) is 6.23. The minimum Gasteiger partial charge on any atom is -0.484 e. The van der Waals surface area contributed by atoms with E-state index in [4.69, 9.17) is 14.1 Å². The molecule has 0 saturated carbocycles. The van der Waals surface area contributed by atoms with Crippen LogP contribution in [0.4, 0.5) is 5.69 Å². The van der Waals surface area contributed by atoms with Crippen molar-refractivity contribution in [1.82, 2.24) is 4.98 Å². The van der Waals surface area contributed by atoms with Gasteiger partial charge in [-0.15, -0.1) is 0 Å². The number of hydrogen-bond donors (Lipinski definition) is 1. The van der Waals surface area contributed by atoms with Crippen molar-refractivity contribution in [3.05, 3.63) is 90.5 Å². The lowest BCUT2D eigenvalue weighted by Crippen LogP contribution is -2.20. The Kier molecular flexibility index (Phi) is 5.30. The molecule has 5 heteroatoms. The second-order valence-corrected chi connectivity index (χ2v) is 7.53. The molecule has 5 aromatic rings. The molecule has 158 valence electrons. The molecule has 0 fully saturated rings. The van der Waals surface area contributed by atoms with Crippen LogP contribution in [0.1, 0.15) is 12.5 Å². The van der Waals surface area contributed by atoms with Crippen LogP contribution in [0.15, 0.2) is 89.3 Å². The zero-order valence-electron chi connectivity index (χ0n) is 17.7. The molecule has 0 aliphatic rings. The Balaban J connectivity index is 1.38. The molecular formula is C27H22N2O3. The normalized spacial score (nSPS) is 11.0. The lowest BCUT2D eigenvalue weighted by atomic mass is 10.1. The number of fused-ring (bicyclic) bond motifs is 3. The van der Waals surface area contributed by atoms with Gasteiger partial charge in [-0.05, 0) is 47.7 Å². The highest BCUT2D eigenvalue weighted by Gasteiger charge is 2.15. The molecule has 5 rings (SSSR count). The fraction of sp³-hybridized carbons (Fsp3) is 0.111. The maximum absolute atomic E-state index is 12.6. The van der Waals surface area contributed by atoms with Crippen molar-refractivity contribution >= 4 is 33.5 Å². The van der Waals surface area contributed by atoms with Gasteiger partial charge >= 0.3 is 0 Å². The van der Waals surface area contributed by atoms with Crippen LogP contribution in [0.2, 0.25) is 0 Å². The highest BCUT2D eigenvalue weighted by molar-refractivity contribution is 6.04. The van der Waals surface area contributed by atoms with Crippen LogP contribution in [-0.2, 0) is 11.2 Å². The molecule has 0 unspecified atom stereocenters. The minimum absolute atomic E-state index is 0.0853. The molecule has 1 heterocycles.